The minimum Gasteiger partial charge on any atom is -0.377 e. The highest BCUT2D eigenvalue weighted by atomic mass is 32.2. The normalized spacial score (nSPS) is 13.8. The van der Waals surface area contributed by atoms with Crippen molar-refractivity contribution in [3.63, 3.8) is 0 Å². The number of aryl methyl sites for hydroxylation is 1. The Morgan fingerprint density at radius 2 is 1.75 bits per heavy atom. The van der Waals surface area contributed by atoms with Gasteiger partial charge >= 0.3 is 6.18 Å². The zero-order valence-electron chi connectivity index (χ0n) is 18.8. The molecule has 0 saturated carbocycles. The fourth-order valence-corrected chi connectivity index (χ4v) is 3.12. The molecule has 0 N–H and O–H groups in total. The molecule has 2 aromatic rings. The maximum absolute atomic E-state index is 12.8. The first kappa shape index (κ1) is 25.5. The average Bonchev–Trinajstić information content (AvgIpc) is 2.90. The number of anilines is 2. The van der Waals surface area contributed by atoms with Crippen molar-refractivity contribution in [1.29, 1.82) is 0 Å². The number of aliphatic imine (C=N–C) groups is 1. The summed E-state index contributed by atoms with van der Waals surface area (Å²) in [6.07, 6.45) is 4.81. The van der Waals surface area contributed by atoms with Crippen LogP contribution in [0.15, 0.2) is 53.3 Å². The van der Waals surface area contributed by atoms with Gasteiger partial charge in [0.2, 0.25) is 0 Å². The summed E-state index contributed by atoms with van der Waals surface area (Å²) in [5.74, 6) is -0.176. The zero-order chi connectivity index (χ0) is 23.9. The van der Waals surface area contributed by atoms with E-state index in [9.17, 15) is 18.0 Å². The summed E-state index contributed by atoms with van der Waals surface area (Å²) in [5.41, 5.74) is 3.12. The highest BCUT2D eigenvalue weighted by Crippen LogP contribution is 2.30. The molecule has 3 rings (SSSR count). The van der Waals surface area contributed by atoms with Gasteiger partial charge in [-0.2, -0.15) is 24.9 Å². The number of nitrogens with zero attached hydrogens (tertiary/aromatic N) is 4. The van der Waals surface area contributed by atoms with Crippen molar-refractivity contribution in [2.45, 2.75) is 19.5 Å². The molecule has 0 spiro atoms. The molecule has 172 valence electrons. The number of halogens is 3. The number of alkyl halides is 3. The van der Waals surface area contributed by atoms with E-state index in [1.165, 1.54) is 29.4 Å². The van der Waals surface area contributed by atoms with Gasteiger partial charge in [0.1, 0.15) is 0 Å². The van der Waals surface area contributed by atoms with Crippen LogP contribution >= 0.6 is 11.8 Å². The van der Waals surface area contributed by atoms with Gasteiger partial charge in [-0.3, -0.25) is 9.78 Å². The number of hydrogen-bond acceptors (Lipinski definition) is 6. The van der Waals surface area contributed by atoms with Crippen LogP contribution in [0.3, 0.4) is 0 Å². The van der Waals surface area contributed by atoms with Crippen LogP contribution in [0.2, 0.25) is 0 Å². The first-order valence-corrected chi connectivity index (χ1v) is 11.4. The van der Waals surface area contributed by atoms with Crippen molar-refractivity contribution in [3.05, 3.63) is 65.1 Å². The number of pyridine rings is 1. The molecule has 1 aromatic heterocycles. The molecule has 0 saturated heterocycles. The van der Waals surface area contributed by atoms with E-state index in [2.05, 4.69) is 9.98 Å². The van der Waals surface area contributed by atoms with Crippen molar-refractivity contribution in [2.75, 3.05) is 43.0 Å². The molecule has 5 nitrogen and oxygen atoms in total. The molecule has 2 heterocycles. The van der Waals surface area contributed by atoms with Crippen LogP contribution < -0.4 is 9.80 Å². The van der Waals surface area contributed by atoms with Crippen LogP contribution in [0.1, 0.15) is 16.8 Å². The molecule has 1 aliphatic rings. The topological polar surface area (TPSA) is 48.8 Å². The van der Waals surface area contributed by atoms with Crippen LogP contribution in [-0.2, 0) is 17.4 Å². The summed E-state index contributed by atoms with van der Waals surface area (Å²) in [6, 6.07) is 6.56. The van der Waals surface area contributed by atoms with Crippen LogP contribution in [0.25, 0.3) is 0 Å². The van der Waals surface area contributed by atoms with E-state index < -0.39 is 11.7 Å². The number of rotatable bonds is 4. The Hall–Kier alpha value is -2.81. The summed E-state index contributed by atoms with van der Waals surface area (Å²) >= 11 is 1.75. The third-order valence-corrected chi connectivity index (χ3v) is 4.63. The molecule has 9 heteroatoms. The van der Waals surface area contributed by atoms with Crippen molar-refractivity contribution >= 4 is 35.3 Å². The summed E-state index contributed by atoms with van der Waals surface area (Å²) in [4.78, 5) is 24.6. The van der Waals surface area contributed by atoms with Gasteiger partial charge in [0.05, 0.1) is 24.1 Å². The lowest BCUT2D eigenvalue weighted by Gasteiger charge is -2.19. The lowest BCUT2D eigenvalue weighted by molar-refractivity contribution is -0.137. The number of carbonyl (C=O) groups is 1. The SMILES string of the molecule is CSC.Cc1nccc(N(C)C)c1CC1=CC(=O)CN(c2ccc(C(F)(F)F)cc2)C=N1. The van der Waals surface area contributed by atoms with Gasteiger partial charge < -0.3 is 9.80 Å². The summed E-state index contributed by atoms with van der Waals surface area (Å²) in [5, 5.41) is 0. The standard InChI is InChI=1S/C21H21F3N4O.C2H6S/c1-14-19(20(27(2)3)8-9-25-14)11-16-10-18(29)12-28(13-26-16)17-6-4-15(5-7-17)21(22,23)24;1-3-2/h4-10,13H,11-12H2,1-3H3;1-2H3. The number of carbonyl (C=O) groups excluding carboxylic acids is 1. The van der Waals surface area contributed by atoms with Crippen molar-refractivity contribution < 1.29 is 18.0 Å². The van der Waals surface area contributed by atoms with E-state index in [-0.39, 0.29) is 12.3 Å². The predicted octanol–water partition coefficient (Wildman–Crippen LogP) is 5.00. The quantitative estimate of drug-likeness (QED) is 0.638. The van der Waals surface area contributed by atoms with Gasteiger partial charge in [0, 0.05) is 55.4 Å². The fourth-order valence-electron chi connectivity index (χ4n) is 3.12. The summed E-state index contributed by atoms with van der Waals surface area (Å²) < 4.78 is 38.3. The van der Waals surface area contributed by atoms with Gasteiger partial charge in [0.25, 0.3) is 0 Å². The average molecular weight is 465 g/mol. The van der Waals surface area contributed by atoms with E-state index in [1.54, 1.807) is 18.0 Å². The second-order valence-corrected chi connectivity index (χ2v) is 8.21. The minimum absolute atomic E-state index is 0.00488. The van der Waals surface area contributed by atoms with Crippen LogP contribution in [-0.4, -0.2) is 50.3 Å². The maximum Gasteiger partial charge on any atom is 0.416 e. The van der Waals surface area contributed by atoms with Crippen LogP contribution in [0.5, 0.6) is 0 Å². The molecule has 1 aliphatic heterocycles. The van der Waals surface area contributed by atoms with Gasteiger partial charge in [-0.1, -0.05) is 0 Å². The molecule has 0 radical (unpaired) electrons. The van der Waals surface area contributed by atoms with E-state index in [0.29, 0.717) is 17.8 Å². The lowest BCUT2D eigenvalue weighted by atomic mass is 10.0. The van der Waals surface area contributed by atoms with E-state index in [1.807, 2.05) is 44.5 Å². The van der Waals surface area contributed by atoms with E-state index >= 15 is 0 Å². The molecular weight excluding hydrogens is 437 g/mol. The molecular formula is C23H27F3N4OS. The molecule has 0 unspecified atom stereocenters. The third kappa shape index (κ3) is 6.85. The number of allylic oxidation sites excluding steroid dienone is 1. The number of ketones is 1. The highest BCUT2D eigenvalue weighted by molar-refractivity contribution is 7.97. The Morgan fingerprint density at radius 3 is 2.31 bits per heavy atom. The largest absolute Gasteiger partial charge is 0.416 e. The second-order valence-electron chi connectivity index (χ2n) is 7.39. The zero-order valence-corrected chi connectivity index (χ0v) is 19.6. The third-order valence-electron chi connectivity index (χ3n) is 4.63. The first-order chi connectivity index (χ1) is 15.1. The molecule has 0 fully saturated rings. The van der Waals surface area contributed by atoms with Crippen molar-refractivity contribution in [1.82, 2.24) is 4.98 Å². The Labute approximate surface area is 191 Å². The van der Waals surface area contributed by atoms with Crippen LogP contribution in [0.4, 0.5) is 24.5 Å². The Morgan fingerprint density at radius 1 is 1.12 bits per heavy atom. The number of aromatic nitrogens is 1. The van der Waals surface area contributed by atoms with Gasteiger partial charge in [-0.05, 0) is 49.8 Å². The van der Waals surface area contributed by atoms with Crippen molar-refractivity contribution in [2.24, 2.45) is 4.99 Å². The highest BCUT2D eigenvalue weighted by Gasteiger charge is 2.30. The fraction of sp³-hybridized carbons (Fsp3) is 0.348. The molecule has 0 atom stereocenters. The Kier molecular flexibility index (Phi) is 8.89. The van der Waals surface area contributed by atoms with Crippen LogP contribution in [0, 0.1) is 6.92 Å². The second kappa shape index (κ2) is 11.2. The minimum atomic E-state index is -4.40. The molecule has 1 aromatic carbocycles. The van der Waals surface area contributed by atoms with Crippen molar-refractivity contribution in [3.8, 4) is 0 Å². The lowest BCUT2D eigenvalue weighted by Crippen LogP contribution is -2.26. The summed E-state index contributed by atoms with van der Waals surface area (Å²) in [6.45, 7) is 1.91. The van der Waals surface area contributed by atoms with E-state index in [0.717, 1.165) is 29.1 Å². The van der Waals surface area contributed by atoms with Gasteiger partial charge in [0.15, 0.2) is 5.78 Å². The molecule has 0 amide bonds. The monoisotopic (exact) mass is 464 g/mol. The molecule has 0 aliphatic carbocycles. The number of thioether (sulfide) groups is 1. The maximum atomic E-state index is 12.8. The number of hydrogen-bond donors (Lipinski definition) is 0. The summed E-state index contributed by atoms with van der Waals surface area (Å²) in [7, 11) is 3.86. The Bertz CT molecular complexity index is 986. The van der Waals surface area contributed by atoms with Gasteiger partial charge in [-0.15, -0.1) is 0 Å². The first-order valence-electron chi connectivity index (χ1n) is 9.80. The predicted molar refractivity (Wildman–Crippen MR) is 127 cm³/mol. The smallest absolute Gasteiger partial charge is 0.377 e. The van der Waals surface area contributed by atoms with Gasteiger partial charge in [-0.25, -0.2) is 4.99 Å². The number of benzene rings is 1. The molecule has 0 bridgehead atoms. The molecule has 32 heavy (non-hydrogen) atoms. The Balaban J connectivity index is 0.00000114. The van der Waals surface area contributed by atoms with E-state index in [4.69, 9.17) is 0 Å².